The van der Waals surface area contributed by atoms with Gasteiger partial charge in [-0.1, -0.05) is 98.1 Å². The third kappa shape index (κ3) is 16.7. The van der Waals surface area contributed by atoms with Crippen molar-refractivity contribution in [1.29, 1.82) is 0 Å². The van der Waals surface area contributed by atoms with Crippen LogP contribution in [-0.4, -0.2) is 52.1 Å². The smallest absolute Gasteiger partial charge is 0.368 e. The Bertz CT molecular complexity index is 887. The van der Waals surface area contributed by atoms with Gasteiger partial charge in [-0.3, -0.25) is 9.09 Å². The molecule has 0 bridgehead atoms. The van der Waals surface area contributed by atoms with Crippen molar-refractivity contribution in [2.24, 2.45) is 0 Å². The number of rotatable bonds is 25. The summed E-state index contributed by atoms with van der Waals surface area (Å²) in [4.78, 5) is 22.2. The maximum atomic E-state index is 13.0. The van der Waals surface area contributed by atoms with Gasteiger partial charge in [0, 0.05) is 6.61 Å². The van der Waals surface area contributed by atoms with Gasteiger partial charge in [0.05, 0.1) is 0 Å². The summed E-state index contributed by atoms with van der Waals surface area (Å²) >= 11 is 2.07. The molecule has 0 aliphatic rings. The molecule has 0 saturated carbocycles. The number of carbonyl (C=O) groups is 1. The number of hydrogen-bond donors (Lipinski definition) is 2. The number of ether oxygens (including phenoxy) is 2. The van der Waals surface area contributed by atoms with E-state index in [9.17, 15) is 19.4 Å². The second kappa shape index (κ2) is 21.6. The average molecular weight is 631 g/mol. The van der Waals surface area contributed by atoms with Crippen LogP contribution in [0.1, 0.15) is 131 Å². The number of hydrogen-bond acceptors (Lipinski definition) is 6. The molecule has 0 saturated heterocycles. The summed E-state index contributed by atoms with van der Waals surface area (Å²) in [6.07, 6.45) is 13.4. The molecule has 0 amide bonds. The lowest BCUT2D eigenvalue weighted by Gasteiger charge is -2.29. The predicted molar refractivity (Wildman–Crippen MR) is 176 cm³/mol. The van der Waals surface area contributed by atoms with Gasteiger partial charge < -0.3 is 19.5 Å². The van der Waals surface area contributed by atoms with E-state index in [1.807, 2.05) is 24.3 Å². The highest BCUT2D eigenvalue weighted by molar-refractivity contribution is 7.99. The summed E-state index contributed by atoms with van der Waals surface area (Å²) in [6.45, 7) is 12.2. The first-order chi connectivity index (χ1) is 19.9. The normalized spacial score (nSPS) is 15.6. The van der Waals surface area contributed by atoms with E-state index in [1.165, 1.54) is 68.4 Å². The SMILES string of the molecule is CCCCCCCCSCCCCCCCC(Oc1ccc(C(C)(C)C)cc1)C(C)OP(=O)(O)C(OCCC)C(=O)O. The first kappa shape index (κ1) is 39.0. The van der Waals surface area contributed by atoms with Gasteiger partial charge in [-0.25, -0.2) is 4.79 Å². The van der Waals surface area contributed by atoms with E-state index in [0.717, 1.165) is 19.3 Å². The summed E-state index contributed by atoms with van der Waals surface area (Å²) in [5.41, 5.74) is 1.19. The molecule has 1 aromatic rings. The first-order valence-electron chi connectivity index (χ1n) is 16.1. The molecule has 4 unspecified atom stereocenters. The Labute approximate surface area is 260 Å². The summed E-state index contributed by atoms with van der Waals surface area (Å²) < 4.78 is 29.9. The van der Waals surface area contributed by atoms with Crippen LogP contribution < -0.4 is 4.74 Å². The molecule has 0 aromatic heterocycles. The number of aliphatic carboxylic acids is 1. The third-order valence-electron chi connectivity index (χ3n) is 7.26. The maximum absolute atomic E-state index is 13.0. The van der Waals surface area contributed by atoms with Crippen LogP contribution in [0.4, 0.5) is 0 Å². The Morgan fingerprint density at radius 1 is 0.881 bits per heavy atom. The molecule has 4 atom stereocenters. The number of unbranched alkanes of at least 4 members (excludes halogenated alkanes) is 9. The van der Waals surface area contributed by atoms with E-state index in [4.69, 9.17) is 14.0 Å². The molecule has 0 fully saturated rings. The van der Waals surface area contributed by atoms with E-state index in [-0.39, 0.29) is 12.0 Å². The molecule has 1 rings (SSSR count). The largest absolute Gasteiger partial charge is 0.488 e. The van der Waals surface area contributed by atoms with Gasteiger partial charge in [0.25, 0.3) is 5.85 Å². The fourth-order valence-corrected chi connectivity index (χ4v) is 6.98. The van der Waals surface area contributed by atoms with E-state index in [0.29, 0.717) is 18.6 Å². The van der Waals surface area contributed by atoms with Crippen molar-refractivity contribution in [2.45, 2.75) is 148 Å². The highest BCUT2D eigenvalue weighted by Gasteiger charge is 2.42. The summed E-state index contributed by atoms with van der Waals surface area (Å²) in [5, 5.41) is 9.49. The van der Waals surface area contributed by atoms with Crippen molar-refractivity contribution in [1.82, 2.24) is 0 Å². The minimum atomic E-state index is -4.61. The van der Waals surface area contributed by atoms with Gasteiger partial charge >= 0.3 is 13.6 Å². The minimum Gasteiger partial charge on any atom is -0.488 e. The van der Waals surface area contributed by atoms with Crippen LogP contribution >= 0.6 is 19.4 Å². The Morgan fingerprint density at radius 3 is 1.95 bits per heavy atom. The van der Waals surface area contributed by atoms with Crippen LogP contribution in [0.15, 0.2) is 24.3 Å². The maximum Gasteiger partial charge on any atom is 0.368 e. The molecule has 9 heteroatoms. The van der Waals surface area contributed by atoms with E-state index in [2.05, 4.69) is 39.5 Å². The second-order valence-corrected chi connectivity index (χ2v) is 15.3. The Hall–Kier alpha value is -1.05. The molecule has 0 aliphatic heterocycles. The molecule has 7 nitrogen and oxygen atoms in total. The zero-order valence-corrected chi connectivity index (χ0v) is 28.9. The molecule has 0 aliphatic carbocycles. The fourth-order valence-electron chi connectivity index (χ4n) is 4.66. The second-order valence-electron chi connectivity index (χ2n) is 12.3. The summed E-state index contributed by atoms with van der Waals surface area (Å²) in [7, 11) is -4.61. The molecule has 1 aromatic carbocycles. The van der Waals surface area contributed by atoms with Gasteiger partial charge in [0.15, 0.2) is 0 Å². The highest BCUT2D eigenvalue weighted by Crippen LogP contribution is 2.50. The lowest BCUT2D eigenvalue weighted by Crippen LogP contribution is -2.34. The predicted octanol–water partition coefficient (Wildman–Crippen LogP) is 9.59. The zero-order chi connectivity index (χ0) is 31.4. The van der Waals surface area contributed by atoms with Gasteiger partial charge in [-0.2, -0.15) is 11.8 Å². The van der Waals surface area contributed by atoms with Crippen molar-refractivity contribution < 1.29 is 33.4 Å². The lowest BCUT2D eigenvalue weighted by molar-refractivity contribution is -0.146. The van der Waals surface area contributed by atoms with Gasteiger partial charge in [-0.05, 0) is 73.6 Å². The Morgan fingerprint density at radius 2 is 1.43 bits per heavy atom. The van der Waals surface area contributed by atoms with Crippen LogP contribution in [0, 0.1) is 0 Å². The fraction of sp³-hybridized carbons (Fsp3) is 0.788. The van der Waals surface area contributed by atoms with Crippen molar-refractivity contribution in [3.8, 4) is 5.75 Å². The molecule has 244 valence electrons. The zero-order valence-electron chi connectivity index (χ0n) is 27.1. The Balaban J connectivity index is 2.63. The van der Waals surface area contributed by atoms with Crippen LogP contribution in [0.25, 0.3) is 0 Å². The van der Waals surface area contributed by atoms with Crippen LogP contribution in [0.3, 0.4) is 0 Å². The third-order valence-corrected chi connectivity index (χ3v) is 10.0. The van der Waals surface area contributed by atoms with Crippen LogP contribution in [0.2, 0.25) is 0 Å². The van der Waals surface area contributed by atoms with E-state index >= 15 is 0 Å². The van der Waals surface area contributed by atoms with Crippen LogP contribution in [0.5, 0.6) is 5.75 Å². The summed E-state index contributed by atoms with van der Waals surface area (Å²) in [5.74, 6) is -0.309. The molecule has 2 N–H and O–H groups in total. The number of thioether (sulfide) groups is 1. The van der Waals surface area contributed by atoms with Crippen LogP contribution in [-0.2, 0) is 24.0 Å². The molecule has 42 heavy (non-hydrogen) atoms. The van der Waals surface area contributed by atoms with E-state index in [1.54, 1.807) is 13.8 Å². The van der Waals surface area contributed by atoms with Gasteiger partial charge in [-0.15, -0.1) is 0 Å². The highest BCUT2D eigenvalue weighted by atomic mass is 32.2. The Kier molecular flexibility index (Phi) is 20.1. The van der Waals surface area contributed by atoms with Crippen molar-refractivity contribution in [2.75, 3.05) is 18.1 Å². The van der Waals surface area contributed by atoms with E-state index < -0.39 is 31.6 Å². The molecule has 0 spiro atoms. The molecule has 0 heterocycles. The quantitative estimate of drug-likeness (QED) is 0.0813. The molecule has 0 radical (unpaired) electrons. The standard InChI is InChI=1S/C33H59O7PS/c1-7-9-10-11-14-17-25-42-26-18-15-12-13-16-19-30(39-29-22-20-28(21-23-29)33(4,5)6)27(3)40-41(36,37)32(31(34)35)38-24-8-2/h20-23,27,30,32H,7-19,24-26H2,1-6H3,(H,34,35)(H,36,37). The lowest BCUT2D eigenvalue weighted by atomic mass is 9.87. The van der Waals surface area contributed by atoms with Gasteiger partial charge in [0.2, 0.25) is 0 Å². The van der Waals surface area contributed by atoms with Crippen molar-refractivity contribution in [3.63, 3.8) is 0 Å². The molecular weight excluding hydrogens is 571 g/mol. The molecular formula is C33H59O7PS. The topological polar surface area (TPSA) is 102 Å². The van der Waals surface area contributed by atoms with Gasteiger partial charge in [0.1, 0.15) is 18.0 Å². The number of carboxylic acids is 1. The average Bonchev–Trinajstić information content (AvgIpc) is 2.92. The number of benzene rings is 1. The minimum absolute atomic E-state index is 0.00888. The van der Waals surface area contributed by atoms with Crippen molar-refractivity contribution in [3.05, 3.63) is 29.8 Å². The first-order valence-corrected chi connectivity index (χ1v) is 18.9. The monoisotopic (exact) mass is 630 g/mol. The van der Waals surface area contributed by atoms with Crippen molar-refractivity contribution >= 4 is 25.3 Å². The number of carboxylic acid groups (broad SMARTS) is 1. The summed E-state index contributed by atoms with van der Waals surface area (Å²) in [6, 6.07) is 7.87.